The van der Waals surface area contributed by atoms with Crippen LogP contribution in [0.3, 0.4) is 0 Å². The normalized spacial score (nSPS) is 16.5. The van der Waals surface area contributed by atoms with Crippen molar-refractivity contribution in [3.63, 3.8) is 0 Å². The number of amides is 1. The Balaban J connectivity index is 1.47. The molecule has 1 aliphatic heterocycles. The summed E-state index contributed by atoms with van der Waals surface area (Å²) in [5, 5.41) is 2.78. The van der Waals surface area contributed by atoms with Crippen molar-refractivity contribution in [1.82, 2.24) is 10.0 Å². The van der Waals surface area contributed by atoms with Gasteiger partial charge in [0.25, 0.3) is 10.0 Å². The first-order valence-electron chi connectivity index (χ1n) is 9.41. The smallest absolute Gasteiger partial charge is 0.251 e. The molecule has 0 bridgehead atoms. The number of rotatable bonds is 7. The molecule has 0 saturated heterocycles. The van der Waals surface area contributed by atoms with Gasteiger partial charge in [0.05, 0.1) is 10.3 Å². The van der Waals surface area contributed by atoms with Gasteiger partial charge >= 0.3 is 0 Å². The predicted molar refractivity (Wildman–Crippen MR) is 121 cm³/mol. The van der Waals surface area contributed by atoms with Crippen molar-refractivity contribution in [1.29, 1.82) is 0 Å². The van der Waals surface area contributed by atoms with E-state index in [2.05, 4.69) is 26.0 Å². The number of halogens is 1. The van der Waals surface area contributed by atoms with Crippen LogP contribution in [-0.2, 0) is 14.8 Å². The molecular formula is C21H19BrN2O5S2. The van der Waals surface area contributed by atoms with Crippen LogP contribution in [-0.4, -0.2) is 33.6 Å². The fraction of sp³-hybridized carbons (Fsp3) is 0.190. The van der Waals surface area contributed by atoms with Crippen molar-refractivity contribution in [2.24, 2.45) is 0 Å². The Bertz CT molecular complexity index is 1170. The van der Waals surface area contributed by atoms with Crippen LogP contribution in [0.5, 0.6) is 11.5 Å². The van der Waals surface area contributed by atoms with Crippen molar-refractivity contribution in [3.05, 3.63) is 76.1 Å². The van der Waals surface area contributed by atoms with E-state index in [-0.39, 0.29) is 23.5 Å². The molecule has 0 saturated carbocycles. The molecule has 1 amide bonds. The summed E-state index contributed by atoms with van der Waals surface area (Å²) < 4.78 is 40.5. The van der Waals surface area contributed by atoms with Crippen LogP contribution in [0.2, 0.25) is 0 Å². The van der Waals surface area contributed by atoms with E-state index in [1.165, 1.54) is 6.07 Å². The molecule has 1 aliphatic rings. The highest BCUT2D eigenvalue weighted by Gasteiger charge is 2.29. The van der Waals surface area contributed by atoms with E-state index >= 15 is 0 Å². The number of sulfonamides is 1. The summed E-state index contributed by atoms with van der Waals surface area (Å²) >= 11 is 4.34. The molecule has 3 aromatic rings. The standard InChI is InChI=1S/C21H19BrN2O5S2/c22-18-10-11-19(30-18)31(26,27)24-20(14-6-2-1-3-7-14)21(25)23-12-15-13-28-16-8-4-5-9-17(16)29-15/h1-11,15,20,24H,12-13H2,(H,23,25). The van der Waals surface area contributed by atoms with Gasteiger partial charge in [-0.15, -0.1) is 11.3 Å². The molecule has 0 spiro atoms. The summed E-state index contributed by atoms with van der Waals surface area (Å²) in [6, 6.07) is 18.0. The van der Waals surface area contributed by atoms with Crippen molar-refractivity contribution in [3.8, 4) is 11.5 Å². The highest BCUT2D eigenvalue weighted by atomic mass is 79.9. The van der Waals surface area contributed by atoms with Crippen LogP contribution in [0, 0.1) is 0 Å². The number of nitrogens with one attached hydrogen (secondary N) is 2. The van der Waals surface area contributed by atoms with Crippen molar-refractivity contribution >= 4 is 43.2 Å². The molecule has 0 radical (unpaired) electrons. The first-order valence-corrected chi connectivity index (χ1v) is 12.5. The fourth-order valence-electron chi connectivity index (χ4n) is 3.05. The van der Waals surface area contributed by atoms with Gasteiger partial charge in [0, 0.05) is 0 Å². The third-order valence-electron chi connectivity index (χ3n) is 4.55. The zero-order valence-electron chi connectivity index (χ0n) is 16.2. The van der Waals surface area contributed by atoms with Gasteiger partial charge in [-0.05, 0) is 45.8 Å². The summed E-state index contributed by atoms with van der Waals surface area (Å²) in [5.74, 6) is 0.784. The van der Waals surface area contributed by atoms with Crippen LogP contribution in [0.1, 0.15) is 11.6 Å². The molecule has 2 heterocycles. The van der Waals surface area contributed by atoms with Crippen molar-refractivity contribution in [2.75, 3.05) is 13.2 Å². The number of ether oxygens (including phenoxy) is 2. The highest BCUT2D eigenvalue weighted by molar-refractivity contribution is 9.11. The van der Waals surface area contributed by atoms with E-state index in [1.807, 2.05) is 18.2 Å². The summed E-state index contributed by atoms with van der Waals surface area (Å²) in [6.07, 6.45) is -0.389. The molecule has 2 N–H and O–H groups in total. The maximum Gasteiger partial charge on any atom is 0.251 e. The largest absolute Gasteiger partial charge is 0.486 e. The predicted octanol–water partition coefficient (Wildman–Crippen LogP) is 3.49. The van der Waals surface area contributed by atoms with Gasteiger partial charge in [-0.25, -0.2) is 8.42 Å². The lowest BCUT2D eigenvalue weighted by Crippen LogP contribution is -2.45. The molecule has 2 atom stereocenters. The number of para-hydroxylation sites is 2. The topological polar surface area (TPSA) is 93.7 Å². The van der Waals surface area contributed by atoms with Crippen molar-refractivity contribution < 1.29 is 22.7 Å². The molecule has 2 unspecified atom stereocenters. The molecule has 4 rings (SSSR count). The molecular weight excluding hydrogens is 504 g/mol. The molecule has 2 aromatic carbocycles. The van der Waals surface area contributed by atoms with Crippen molar-refractivity contribution in [2.45, 2.75) is 16.4 Å². The average Bonchev–Trinajstić information content (AvgIpc) is 3.24. The van der Waals surface area contributed by atoms with Crippen LogP contribution in [0.25, 0.3) is 0 Å². The number of carbonyl (C=O) groups excluding carboxylic acids is 1. The minimum Gasteiger partial charge on any atom is -0.486 e. The lowest BCUT2D eigenvalue weighted by atomic mass is 10.1. The molecule has 1 aromatic heterocycles. The Morgan fingerprint density at radius 2 is 1.77 bits per heavy atom. The zero-order chi connectivity index (χ0) is 21.8. The third-order valence-corrected chi connectivity index (χ3v) is 8.09. The van der Waals surface area contributed by atoms with E-state index in [1.54, 1.807) is 42.5 Å². The molecule has 31 heavy (non-hydrogen) atoms. The summed E-state index contributed by atoms with van der Waals surface area (Å²) in [6.45, 7) is 0.449. The number of fused-ring (bicyclic) bond motifs is 1. The Kier molecular flexibility index (Phi) is 6.61. The van der Waals surface area contributed by atoms with E-state index in [9.17, 15) is 13.2 Å². The first-order chi connectivity index (χ1) is 14.9. The Morgan fingerprint density at radius 1 is 1.06 bits per heavy atom. The average molecular weight is 523 g/mol. The SMILES string of the molecule is O=C(NCC1COc2ccccc2O1)C(NS(=O)(=O)c1ccc(Br)s1)c1ccccc1. The Labute approximate surface area is 192 Å². The molecule has 162 valence electrons. The van der Waals surface area contributed by atoms with Gasteiger partial charge in [0.1, 0.15) is 23.0 Å². The second kappa shape index (κ2) is 9.39. The summed E-state index contributed by atoms with van der Waals surface area (Å²) in [5.41, 5.74) is 0.533. The monoisotopic (exact) mass is 522 g/mol. The number of thiophene rings is 1. The van der Waals surface area contributed by atoms with Crippen LogP contribution < -0.4 is 19.5 Å². The maximum absolute atomic E-state index is 13.0. The molecule has 7 nitrogen and oxygen atoms in total. The van der Waals surface area contributed by atoms with Crippen LogP contribution >= 0.6 is 27.3 Å². The van der Waals surface area contributed by atoms with Crippen LogP contribution in [0.15, 0.2) is 74.7 Å². The maximum atomic E-state index is 13.0. The second-order valence-corrected chi connectivity index (χ2v) is 11.2. The summed E-state index contributed by atoms with van der Waals surface area (Å²) in [7, 11) is -3.89. The van der Waals surface area contributed by atoms with E-state index < -0.39 is 22.0 Å². The van der Waals surface area contributed by atoms with E-state index in [4.69, 9.17) is 9.47 Å². The lowest BCUT2D eigenvalue weighted by molar-refractivity contribution is -0.123. The van der Waals surface area contributed by atoms with Gasteiger partial charge in [-0.3, -0.25) is 4.79 Å². The van der Waals surface area contributed by atoms with Gasteiger partial charge in [-0.1, -0.05) is 42.5 Å². The second-order valence-electron chi connectivity index (χ2n) is 6.77. The highest BCUT2D eigenvalue weighted by Crippen LogP contribution is 2.31. The third kappa shape index (κ3) is 5.27. The minimum atomic E-state index is -3.89. The quantitative estimate of drug-likeness (QED) is 0.495. The number of carbonyl (C=O) groups is 1. The fourth-order valence-corrected chi connectivity index (χ4v) is 6.26. The number of hydrogen-bond acceptors (Lipinski definition) is 6. The van der Waals surface area contributed by atoms with Gasteiger partial charge in [0.2, 0.25) is 5.91 Å². The van der Waals surface area contributed by atoms with Gasteiger partial charge < -0.3 is 14.8 Å². The first kappa shape index (κ1) is 21.8. The van der Waals surface area contributed by atoms with E-state index in [0.29, 0.717) is 20.8 Å². The van der Waals surface area contributed by atoms with Gasteiger partial charge in [-0.2, -0.15) is 4.72 Å². The number of hydrogen-bond donors (Lipinski definition) is 2. The minimum absolute atomic E-state index is 0.119. The Morgan fingerprint density at radius 3 is 2.48 bits per heavy atom. The molecule has 0 aliphatic carbocycles. The van der Waals surface area contributed by atoms with Crippen LogP contribution in [0.4, 0.5) is 0 Å². The zero-order valence-corrected chi connectivity index (χ0v) is 19.4. The number of benzene rings is 2. The van der Waals surface area contributed by atoms with E-state index in [0.717, 1.165) is 11.3 Å². The molecule has 0 fully saturated rings. The lowest BCUT2D eigenvalue weighted by Gasteiger charge is -2.27. The molecule has 10 heteroatoms. The Hall–Kier alpha value is -2.40. The van der Waals surface area contributed by atoms with Gasteiger partial charge in [0.15, 0.2) is 11.5 Å². The summed E-state index contributed by atoms with van der Waals surface area (Å²) in [4.78, 5) is 13.0.